The van der Waals surface area contributed by atoms with Crippen LogP contribution >= 0.6 is 27.3 Å². The Balaban J connectivity index is 1.70. The smallest absolute Gasteiger partial charge is 0.261 e. The maximum atomic E-state index is 11.8. The summed E-state index contributed by atoms with van der Waals surface area (Å²) in [4.78, 5) is 15.0. The van der Waals surface area contributed by atoms with E-state index < -0.39 is 0 Å². The molecule has 100 valence electrons. The van der Waals surface area contributed by atoms with Gasteiger partial charge in [-0.25, -0.2) is 0 Å². The molecule has 0 saturated heterocycles. The van der Waals surface area contributed by atoms with Crippen molar-refractivity contribution < 1.29 is 4.79 Å². The van der Waals surface area contributed by atoms with Crippen molar-refractivity contribution in [3.63, 3.8) is 0 Å². The number of nitrogens with zero attached hydrogens (tertiary/aromatic N) is 1. The maximum absolute atomic E-state index is 11.8. The summed E-state index contributed by atoms with van der Waals surface area (Å²) >= 11 is 4.84. The Morgan fingerprint density at radius 1 is 1.50 bits per heavy atom. The third-order valence-electron chi connectivity index (χ3n) is 3.50. The van der Waals surface area contributed by atoms with Gasteiger partial charge >= 0.3 is 0 Å². The Hall–Kier alpha value is -0.390. The third kappa shape index (κ3) is 3.80. The van der Waals surface area contributed by atoms with Crippen LogP contribution < -0.4 is 5.32 Å². The number of carbonyl (C=O) groups is 1. The first-order valence-electron chi connectivity index (χ1n) is 6.40. The fourth-order valence-electron chi connectivity index (χ4n) is 2.40. The number of rotatable bonds is 5. The van der Waals surface area contributed by atoms with Gasteiger partial charge in [0, 0.05) is 19.1 Å². The maximum Gasteiger partial charge on any atom is 0.261 e. The molecule has 1 aliphatic rings. The second-order valence-corrected chi connectivity index (χ2v) is 7.24. The van der Waals surface area contributed by atoms with Crippen LogP contribution in [-0.2, 0) is 0 Å². The van der Waals surface area contributed by atoms with Crippen LogP contribution in [0.1, 0.15) is 35.4 Å². The van der Waals surface area contributed by atoms with Gasteiger partial charge in [0.2, 0.25) is 0 Å². The Kier molecular flexibility index (Phi) is 5.21. The van der Waals surface area contributed by atoms with Crippen molar-refractivity contribution in [3.8, 4) is 0 Å². The lowest BCUT2D eigenvalue weighted by molar-refractivity contribution is 0.0951. The molecule has 0 atom stereocenters. The number of thiophene rings is 1. The van der Waals surface area contributed by atoms with E-state index in [1.54, 1.807) is 0 Å². The molecule has 1 N–H and O–H groups in total. The standard InChI is InChI=1S/C13H19BrN2OS/c1-16(10-4-2-3-5-10)9-8-15-13(17)11-6-7-12(14)18-11/h6-7,10H,2-5,8-9H2,1H3,(H,15,17). The van der Waals surface area contributed by atoms with Crippen LogP contribution in [0.15, 0.2) is 15.9 Å². The summed E-state index contributed by atoms with van der Waals surface area (Å²) in [7, 11) is 2.16. The van der Waals surface area contributed by atoms with Crippen molar-refractivity contribution in [1.29, 1.82) is 0 Å². The van der Waals surface area contributed by atoms with E-state index in [1.807, 2.05) is 12.1 Å². The Labute approximate surface area is 121 Å². The molecule has 18 heavy (non-hydrogen) atoms. The first-order valence-corrected chi connectivity index (χ1v) is 8.01. The van der Waals surface area contributed by atoms with Crippen LogP contribution in [0.3, 0.4) is 0 Å². The van der Waals surface area contributed by atoms with Gasteiger partial charge < -0.3 is 10.2 Å². The lowest BCUT2D eigenvalue weighted by atomic mass is 10.2. The molecule has 0 aliphatic heterocycles. The van der Waals surface area contributed by atoms with Crippen molar-refractivity contribution in [1.82, 2.24) is 10.2 Å². The molecule has 1 amide bonds. The van der Waals surface area contributed by atoms with Gasteiger partial charge in [-0.05, 0) is 48.0 Å². The average molecular weight is 331 g/mol. The largest absolute Gasteiger partial charge is 0.350 e. The highest BCUT2D eigenvalue weighted by atomic mass is 79.9. The molecule has 0 spiro atoms. The van der Waals surface area contributed by atoms with Crippen molar-refractivity contribution in [2.75, 3.05) is 20.1 Å². The molecular weight excluding hydrogens is 312 g/mol. The minimum atomic E-state index is 0.0329. The lowest BCUT2D eigenvalue weighted by Crippen LogP contribution is -2.37. The molecule has 1 aromatic heterocycles. The number of likely N-dealkylation sites (N-methyl/N-ethyl adjacent to an activating group) is 1. The molecule has 1 aromatic rings. The van der Waals surface area contributed by atoms with E-state index in [0.29, 0.717) is 0 Å². The molecule has 0 radical (unpaired) electrons. The van der Waals surface area contributed by atoms with E-state index in [4.69, 9.17) is 0 Å². The molecule has 0 aromatic carbocycles. The van der Waals surface area contributed by atoms with Crippen molar-refractivity contribution in [2.45, 2.75) is 31.7 Å². The number of nitrogens with one attached hydrogen (secondary N) is 1. The van der Waals surface area contributed by atoms with E-state index in [-0.39, 0.29) is 5.91 Å². The van der Waals surface area contributed by atoms with Crippen LogP contribution in [0.4, 0.5) is 0 Å². The molecule has 0 unspecified atom stereocenters. The minimum Gasteiger partial charge on any atom is -0.350 e. The zero-order chi connectivity index (χ0) is 13.0. The predicted octanol–water partition coefficient (Wildman–Crippen LogP) is 3.11. The highest BCUT2D eigenvalue weighted by molar-refractivity contribution is 9.11. The quantitative estimate of drug-likeness (QED) is 0.899. The minimum absolute atomic E-state index is 0.0329. The number of hydrogen-bond donors (Lipinski definition) is 1. The molecule has 1 heterocycles. The number of halogens is 1. The van der Waals surface area contributed by atoms with Gasteiger partial charge in [-0.1, -0.05) is 12.8 Å². The van der Waals surface area contributed by atoms with Crippen LogP contribution in [0.5, 0.6) is 0 Å². The lowest BCUT2D eigenvalue weighted by Gasteiger charge is -2.23. The number of hydrogen-bond acceptors (Lipinski definition) is 3. The number of carbonyl (C=O) groups excluding carboxylic acids is 1. The van der Waals surface area contributed by atoms with Gasteiger partial charge in [0.25, 0.3) is 5.91 Å². The molecule has 0 bridgehead atoms. The summed E-state index contributed by atoms with van der Waals surface area (Å²) in [6.07, 6.45) is 5.32. The Morgan fingerprint density at radius 3 is 2.83 bits per heavy atom. The molecule has 3 nitrogen and oxygen atoms in total. The zero-order valence-electron chi connectivity index (χ0n) is 10.6. The SMILES string of the molecule is CN(CCNC(=O)c1ccc(Br)s1)C1CCCC1. The van der Waals surface area contributed by atoms with Gasteiger partial charge in [-0.2, -0.15) is 0 Å². The van der Waals surface area contributed by atoms with Gasteiger partial charge in [-0.3, -0.25) is 4.79 Å². The first-order chi connectivity index (χ1) is 8.66. The Bertz CT molecular complexity index is 401. The van der Waals surface area contributed by atoms with Crippen molar-refractivity contribution >= 4 is 33.2 Å². The summed E-state index contributed by atoms with van der Waals surface area (Å²) in [5.74, 6) is 0.0329. The summed E-state index contributed by atoms with van der Waals surface area (Å²) in [6, 6.07) is 4.48. The van der Waals surface area contributed by atoms with Gasteiger partial charge in [0.05, 0.1) is 8.66 Å². The molecule has 5 heteroatoms. The monoisotopic (exact) mass is 330 g/mol. The predicted molar refractivity (Wildman–Crippen MR) is 79.2 cm³/mol. The highest BCUT2D eigenvalue weighted by Gasteiger charge is 2.19. The third-order valence-corrected chi connectivity index (χ3v) is 5.12. The highest BCUT2D eigenvalue weighted by Crippen LogP contribution is 2.22. The second-order valence-electron chi connectivity index (χ2n) is 4.78. The van der Waals surface area contributed by atoms with E-state index in [1.165, 1.54) is 37.0 Å². The van der Waals surface area contributed by atoms with Crippen LogP contribution in [0.25, 0.3) is 0 Å². The summed E-state index contributed by atoms with van der Waals surface area (Å²) in [5.41, 5.74) is 0. The first kappa shape index (κ1) is 14.0. The molecular formula is C13H19BrN2OS. The summed E-state index contributed by atoms with van der Waals surface area (Å²) < 4.78 is 0.996. The van der Waals surface area contributed by atoms with Crippen LogP contribution in [0.2, 0.25) is 0 Å². The molecule has 1 aliphatic carbocycles. The van der Waals surface area contributed by atoms with Gasteiger partial charge in [0.1, 0.15) is 0 Å². The van der Waals surface area contributed by atoms with E-state index in [9.17, 15) is 4.79 Å². The van der Waals surface area contributed by atoms with E-state index in [2.05, 4.69) is 33.2 Å². The molecule has 2 rings (SSSR count). The molecule has 1 fully saturated rings. The summed E-state index contributed by atoms with van der Waals surface area (Å²) in [6.45, 7) is 1.66. The van der Waals surface area contributed by atoms with E-state index in [0.717, 1.165) is 27.8 Å². The van der Waals surface area contributed by atoms with Crippen molar-refractivity contribution in [3.05, 3.63) is 20.8 Å². The fourth-order valence-corrected chi connectivity index (χ4v) is 3.70. The normalized spacial score (nSPS) is 16.4. The topological polar surface area (TPSA) is 32.3 Å². The van der Waals surface area contributed by atoms with Gasteiger partial charge in [0.15, 0.2) is 0 Å². The van der Waals surface area contributed by atoms with Crippen LogP contribution in [0, 0.1) is 0 Å². The van der Waals surface area contributed by atoms with E-state index >= 15 is 0 Å². The zero-order valence-corrected chi connectivity index (χ0v) is 13.0. The number of amides is 1. The van der Waals surface area contributed by atoms with Crippen LogP contribution in [-0.4, -0.2) is 37.0 Å². The summed E-state index contributed by atoms with van der Waals surface area (Å²) in [5, 5.41) is 2.98. The second kappa shape index (κ2) is 6.68. The Morgan fingerprint density at radius 2 is 2.22 bits per heavy atom. The van der Waals surface area contributed by atoms with Crippen molar-refractivity contribution in [2.24, 2.45) is 0 Å². The average Bonchev–Trinajstić information content (AvgIpc) is 2.99. The molecule has 1 saturated carbocycles. The van der Waals surface area contributed by atoms with Gasteiger partial charge in [-0.15, -0.1) is 11.3 Å². The fraction of sp³-hybridized carbons (Fsp3) is 0.615.